The highest BCUT2D eigenvalue weighted by atomic mass is 32.2. The van der Waals surface area contributed by atoms with E-state index in [2.05, 4.69) is 15.2 Å². The van der Waals surface area contributed by atoms with Crippen LogP contribution < -0.4 is 10.4 Å². The number of ether oxygens (including phenoxy) is 1. The molecule has 24 heavy (non-hydrogen) atoms. The number of benzene rings is 1. The van der Waals surface area contributed by atoms with E-state index in [1.54, 1.807) is 35.2 Å². The highest BCUT2D eigenvalue weighted by molar-refractivity contribution is 8.16. The highest BCUT2D eigenvalue weighted by Gasteiger charge is 2.29. The summed E-state index contributed by atoms with van der Waals surface area (Å²) < 4.78 is 6.99. The van der Waals surface area contributed by atoms with Gasteiger partial charge in [-0.1, -0.05) is 11.8 Å². The molecule has 1 saturated carbocycles. The van der Waals surface area contributed by atoms with Crippen LogP contribution in [0.25, 0.3) is 0 Å². The monoisotopic (exact) mass is 362 g/mol. The third kappa shape index (κ3) is 3.25. The molecule has 6 nitrogen and oxygen atoms in total. The molecule has 1 N–H and O–H groups in total. The maximum Gasteiger partial charge on any atom is 0.344 e. The van der Waals surface area contributed by atoms with Crippen molar-refractivity contribution in [3.63, 3.8) is 0 Å². The number of thioether (sulfide) groups is 2. The smallest absolute Gasteiger partial charge is 0.344 e. The van der Waals surface area contributed by atoms with Gasteiger partial charge in [0, 0.05) is 22.6 Å². The maximum absolute atomic E-state index is 11.8. The molecule has 2 aromatic rings. The molecule has 8 heteroatoms. The fourth-order valence-corrected chi connectivity index (χ4v) is 4.90. The number of methoxy groups -OCH3 is 1. The Hall–Kier alpha value is -1.67. The predicted molar refractivity (Wildman–Crippen MR) is 97.6 cm³/mol. The Morgan fingerprint density at radius 3 is 2.88 bits per heavy atom. The first-order chi connectivity index (χ1) is 11.7. The van der Waals surface area contributed by atoms with Crippen molar-refractivity contribution in [1.82, 2.24) is 14.8 Å². The summed E-state index contributed by atoms with van der Waals surface area (Å²) in [7, 11) is 1.67. The zero-order valence-electron chi connectivity index (χ0n) is 13.3. The largest absolute Gasteiger partial charge is 0.497 e. The number of hydrogen-bond donors (Lipinski definition) is 1. The van der Waals surface area contributed by atoms with Crippen LogP contribution in [0, 0.1) is 0 Å². The van der Waals surface area contributed by atoms with Crippen molar-refractivity contribution in [3.8, 4) is 5.75 Å². The SMILES string of the molecule is COc1ccc(C2=NCC(CSc3n[nH]c(=O)n3C3CC3)S2)cc1. The van der Waals surface area contributed by atoms with Gasteiger partial charge in [-0.25, -0.2) is 9.89 Å². The lowest BCUT2D eigenvalue weighted by molar-refractivity contribution is 0.415. The third-order valence-electron chi connectivity index (χ3n) is 4.04. The molecular weight excluding hydrogens is 344 g/mol. The van der Waals surface area contributed by atoms with Gasteiger partial charge in [-0.3, -0.25) is 9.56 Å². The minimum atomic E-state index is -0.0887. The topological polar surface area (TPSA) is 72.3 Å². The Morgan fingerprint density at radius 2 is 2.17 bits per heavy atom. The molecule has 1 unspecified atom stereocenters. The van der Waals surface area contributed by atoms with E-state index in [4.69, 9.17) is 4.74 Å². The van der Waals surface area contributed by atoms with Crippen LogP contribution in [0.5, 0.6) is 5.75 Å². The minimum absolute atomic E-state index is 0.0887. The van der Waals surface area contributed by atoms with E-state index >= 15 is 0 Å². The molecule has 0 spiro atoms. The first-order valence-corrected chi connectivity index (χ1v) is 9.76. The van der Waals surface area contributed by atoms with Crippen molar-refractivity contribution >= 4 is 28.6 Å². The lowest BCUT2D eigenvalue weighted by atomic mass is 10.2. The average molecular weight is 362 g/mol. The summed E-state index contributed by atoms with van der Waals surface area (Å²) in [6.45, 7) is 0.803. The lowest BCUT2D eigenvalue weighted by Crippen LogP contribution is -2.16. The number of hydrogen-bond acceptors (Lipinski definition) is 6. The third-order valence-corrected chi connectivity index (χ3v) is 6.60. The zero-order chi connectivity index (χ0) is 16.5. The summed E-state index contributed by atoms with van der Waals surface area (Å²) in [5, 5.41) is 9.02. The summed E-state index contributed by atoms with van der Waals surface area (Å²) in [5.41, 5.74) is 1.04. The standard InChI is InChI=1S/C16H18N4O2S2/c1-22-12-6-2-10(3-7-12)14-17-8-13(24-14)9-23-16-19-18-15(21)20(16)11-4-5-11/h2-3,6-7,11,13H,4-5,8-9H2,1H3,(H,18,21). The molecule has 0 saturated heterocycles. The number of aromatic amines is 1. The summed E-state index contributed by atoms with van der Waals surface area (Å²) in [6, 6.07) is 8.34. The van der Waals surface area contributed by atoms with Crippen LogP contribution in [0.3, 0.4) is 0 Å². The lowest BCUT2D eigenvalue weighted by Gasteiger charge is -2.08. The van der Waals surface area contributed by atoms with Gasteiger partial charge >= 0.3 is 5.69 Å². The Kier molecular flexibility index (Phi) is 4.41. The van der Waals surface area contributed by atoms with E-state index in [0.717, 1.165) is 46.7 Å². The highest BCUT2D eigenvalue weighted by Crippen LogP contribution is 2.37. The van der Waals surface area contributed by atoms with Gasteiger partial charge in [0.2, 0.25) is 0 Å². The maximum atomic E-state index is 11.8. The van der Waals surface area contributed by atoms with Crippen molar-refractivity contribution < 1.29 is 4.74 Å². The van der Waals surface area contributed by atoms with Crippen molar-refractivity contribution in [1.29, 1.82) is 0 Å². The number of aromatic nitrogens is 3. The van der Waals surface area contributed by atoms with Gasteiger partial charge in [0.25, 0.3) is 0 Å². The number of nitrogens with one attached hydrogen (secondary N) is 1. The second-order valence-electron chi connectivity index (χ2n) is 5.84. The van der Waals surface area contributed by atoms with Gasteiger partial charge in [0.05, 0.1) is 18.7 Å². The van der Waals surface area contributed by atoms with Gasteiger partial charge in [-0.05, 0) is 37.1 Å². The predicted octanol–water partition coefficient (Wildman–Crippen LogP) is 2.57. The van der Waals surface area contributed by atoms with Crippen LogP contribution >= 0.6 is 23.5 Å². The normalized spacial score (nSPS) is 20.2. The number of nitrogens with zero attached hydrogens (tertiary/aromatic N) is 3. The summed E-state index contributed by atoms with van der Waals surface area (Å²) in [6.07, 6.45) is 2.16. The van der Waals surface area contributed by atoms with Crippen molar-refractivity contribution in [2.24, 2.45) is 4.99 Å². The Labute approximate surface area is 148 Å². The van der Waals surface area contributed by atoms with Crippen LogP contribution in [0.1, 0.15) is 24.4 Å². The molecule has 126 valence electrons. The number of aliphatic imine (C=N–C) groups is 1. The van der Waals surface area contributed by atoms with Gasteiger partial charge in [-0.2, -0.15) is 0 Å². The molecule has 1 aromatic carbocycles. The van der Waals surface area contributed by atoms with Gasteiger partial charge < -0.3 is 4.74 Å². The molecule has 4 rings (SSSR count). The van der Waals surface area contributed by atoms with E-state index in [1.807, 2.05) is 24.3 Å². The van der Waals surface area contributed by atoms with Gasteiger partial charge in [0.1, 0.15) is 5.75 Å². The van der Waals surface area contributed by atoms with Crippen LogP contribution in [0.4, 0.5) is 0 Å². The molecule has 1 aliphatic carbocycles. The summed E-state index contributed by atoms with van der Waals surface area (Å²) in [4.78, 5) is 16.5. The van der Waals surface area contributed by atoms with Gasteiger partial charge in [-0.15, -0.1) is 16.9 Å². The molecule has 1 aliphatic heterocycles. The molecule has 0 bridgehead atoms. The van der Waals surface area contributed by atoms with Crippen molar-refractivity contribution in [2.75, 3.05) is 19.4 Å². The molecule has 0 amide bonds. The Morgan fingerprint density at radius 1 is 1.38 bits per heavy atom. The molecular formula is C16H18N4O2S2. The first-order valence-electron chi connectivity index (χ1n) is 7.90. The second-order valence-corrected chi connectivity index (χ2v) is 8.11. The molecule has 1 atom stereocenters. The van der Waals surface area contributed by atoms with Gasteiger partial charge in [0.15, 0.2) is 5.16 Å². The minimum Gasteiger partial charge on any atom is -0.497 e. The molecule has 1 fully saturated rings. The second kappa shape index (κ2) is 6.68. The Balaban J connectivity index is 1.36. The fourth-order valence-electron chi connectivity index (χ4n) is 2.61. The molecule has 2 aliphatic rings. The quantitative estimate of drug-likeness (QED) is 0.800. The van der Waals surface area contributed by atoms with E-state index in [-0.39, 0.29) is 5.69 Å². The van der Waals surface area contributed by atoms with Crippen molar-refractivity contribution in [2.45, 2.75) is 29.3 Å². The van der Waals surface area contributed by atoms with Crippen LogP contribution in [-0.4, -0.2) is 44.5 Å². The van der Waals surface area contributed by atoms with Crippen LogP contribution in [0.2, 0.25) is 0 Å². The van der Waals surface area contributed by atoms with Crippen LogP contribution in [0.15, 0.2) is 39.2 Å². The summed E-state index contributed by atoms with van der Waals surface area (Å²) >= 11 is 3.44. The number of rotatable bonds is 6. The fraction of sp³-hybridized carbons (Fsp3) is 0.438. The van der Waals surface area contributed by atoms with E-state index in [0.29, 0.717) is 11.3 Å². The average Bonchev–Trinajstić information content (AvgIpc) is 3.21. The zero-order valence-corrected chi connectivity index (χ0v) is 14.9. The van der Waals surface area contributed by atoms with E-state index in [1.165, 1.54) is 0 Å². The van der Waals surface area contributed by atoms with Crippen LogP contribution in [-0.2, 0) is 0 Å². The number of H-pyrrole nitrogens is 1. The molecule has 0 radical (unpaired) electrons. The van der Waals surface area contributed by atoms with E-state index in [9.17, 15) is 4.79 Å². The Bertz CT molecular complexity index is 808. The molecule has 1 aromatic heterocycles. The van der Waals surface area contributed by atoms with Crippen molar-refractivity contribution in [3.05, 3.63) is 40.3 Å². The first kappa shape index (κ1) is 15.8. The molecule has 2 heterocycles. The van der Waals surface area contributed by atoms with E-state index < -0.39 is 0 Å². The summed E-state index contributed by atoms with van der Waals surface area (Å²) in [5.74, 6) is 1.75.